The van der Waals surface area contributed by atoms with E-state index in [9.17, 15) is 4.79 Å². The number of nitriles is 1. The number of carbonyl (C=O) groups excluding carboxylic acids is 1. The van der Waals surface area contributed by atoms with E-state index in [1.54, 1.807) is 30.4 Å². The second kappa shape index (κ2) is 8.37. The number of likely N-dealkylation sites (N-methyl/N-ethyl adjacent to an activating group) is 1. The molecule has 0 aliphatic carbocycles. The zero-order valence-electron chi connectivity index (χ0n) is 17.1. The number of benzene rings is 1. The summed E-state index contributed by atoms with van der Waals surface area (Å²) < 4.78 is 0. The summed E-state index contributed by atoms with van der Waals surface area (Å²) in [5.41, 5.74) is 2.77. The van der Waals surface area contributed by atoms with Crippen molar-refractivity contribution in [1.82, 2.24) is 14.8 Å². The largest absolute Gasteiger partial charge is 0.368 e. The molecule has 1 aromatic heterocycles. The first-order valence-electron chi connectivity index (χ1n) is 10.0. The third kappa shape index (κ3) is 3.90. The van der Waals surface area contributed by atoms with Crippen LogP contribution in [0.4, 0.5) is 5.69 Å². The molecule has 0 bridgehead atoms. The highest BCUT2D eigenvalue weighted by atomic mass is 16.2. The van der Waals surface area contributed by atoms with E-state index in [0.29, 0.717) is 11.5 Å². The van der Waals surface area contributed by atoms with Gasteiger partial charge in [-0.2, -0.15) is 5.26 Å². The topological polar surface area (TPSA) is 75.8 Å². The maximum Gasteiger partial charge on any atom is 0.252 e. The van der Waals surface area contributed by atoms with E-state index in [0.717, 1.165) is 30.9 Å². The van der Waals surface area contributed by atoms with Gasteiger partial charge >= 0.3 is 0 Å². The first kappa shape index (κ1) is 19.6. The minimum absolute atomic E-state index is 0.0768. The molecule has 1 amide bonds. The molecule has 0 saturated carbocycles. The second-order valence-electron chi connectivity index (χ2n) is 7.56. The molecule has 2 aliphatic rings. The number of hydrogen-bond acceptors (Lipinski definition) is 6. The van der Waals surface area contributed by atoms with Crippen molar-refractivity contribution < 1.29 is 4.79 Å². The van der Waals surface area contributed by atoms with Crippen molar-refractivity contribution in [2.75, 3.05) is 31.6 Å². The van der Waals surface area contributed by atoms with Gasteiger partial charge in [0, 0.05) is 56.9 Å². The van der Waals surface area contributed by atoms with Gasteiger partial charge in [0.05, 0.1) is 17.7 Å². The molecular weight excluding hydrogens is 376 g/mol. The lowest BCUT2D eigenvalue weighted by atomic mass is 10.1. The van der Waals surface area contributed by atoms with Crippen LogP contribution in [0.3, 0.4) is 0 Å². The molecule has 2 atom stereocenters. The zero-order chi connectivity index (χ0) is 21.1. The first-order valence-corrected chi connectivity index (χ1v) is 10.0. The van der Waals surface area contributed by atoms with Crippen molar-refractivity contribution in [2.45, 2.75) is 19.0 Å². The van der Waals surface area contributed by atoms with Gasteiger partial charge in [-0.1, -0.05) is 6.08 Å². The van der Waals surface area contributed by atoms with Gasteiger partial charge in [-0.05, 0) is 48.9 Å². The van der Waals surface area contributed by atoms with Crippen LogP contribution in [0.25, 0.3) is 0 Å². The maximum absolute atomic E-state index is 12.6. The highest BCUT2D eigenvalue weighted by molar-refractivity contribution is 6.03. The van der Waals surface area contributed by atoms with Crippen molar-refractivity contribution in [2.24, 2.45) is 4.99 Å². The predicted octanol–water partition coefficient (Wildman–Crippen LogP) is 2.59. The average molecular weight is 400 g/mol. The summed E-state index contributed by atoms with van der Waals surface area (Å²) in [5.74, 6) is 0.616. The van der Waals surface area contributed by atoms with Crippen LogP contribution in [0.2, 0.25) is 0 Å². The van der Waals surface area contributed by atoms with Crippen LogP contribution in [-0.4, -0.2) is 59.4 Å². The lowest BCUT2D eigenvalue weighted by Crippen LogP contribution is -2.58. The fourth-order valence-electron chi connectivity index (χ4n) is 3.89. The standard InChI is InChI=1S/C23H24N6O/c1-17-16-28(20-5-3-18(15-24)4-6-20)13-14-29(17)23-26-21(7-8-22(30)27(23)2)19-9-11-25-12-10-19/h3-12,17,21H,13-14,16H2,1-2H3. The summed E-state index contributed by atoms with van der Waals surface area (Å²) in [5, 5.41) is 9.01. The van der Waals surface area contributed by atoms with Gasteiger partial charge in [0.25, 0.3) is 5.91 Å². The highest BCUT2D eigenvalue weighted by Gasteiger charge is 2.31. The van der Waals surface area contributed by atoms with Gasteiger partial charge in [-0.15, -0.1) is 0 Å². The number of hydrogen-bond donors (Lipinski definition) is 0. The van der Waals surface area contributed by atoms with Crippen molar-refractivity contribution in [1.29, 1.82) is 5.26 Å². The number of pyridine rings is 1. The molecule has 1 saturated heterocycles. The van der Waals surface area contributed by atoms with E-state index >= 15 is 0 Å². The molecule has 3 heterocycles. The number of rotatable bonds is 2. The summed E-state index contributed by atoms with van der Waals surface area (Å²) in [7, 11) is 1.78. The van der Waals surface area contributed by atoms with Gasteiger partial charge in [-0.25, -0.2) is 4.99 Å². The number of anilines is 1. The van der Waals surface area contributed by atoms with Gasteiger partial charge < -0.3 is 9.80 Å². The second-order valence-corrected chi connectivity index (χ2v) is 7.56. The van der Waals surface area contributed by atoms with E-state index in [1.807, 2.05) is 42.5 Å². The minimum atomic E-state index is -0.222. The number of nitrogens with zero attached hydrogens (tertiary/aromatic N) is 6. The van der Waals surface area contributed by atoms with Gasteiger partial charge in [0.15, 0.2) is 0 Å². The molecule has 1 aromatic carbocycles. The molecule has 0 spiro atoms. The average Bonchev–Trinajstić information content (AvgIpc) is 2.93. The Morgan fingerprint density at radius 3 is 2.50 bits per heavy atom. The molecule has 2 aliphatic heterocycles. The normalized spacial score (nSPS) is 21.8. The monoisotopic (exact) mass is 400 g/mol. The van der Waals surface area contributed by atoms with Crippen molar-refractivity contribution in [3.63, 3.8) is 0 Å². The van der Waals surface area contributed by atoms with E-state index in [4.69, 9.17) is 10.3 Å². The van der Waals surface area contributed by atoms with Crippen molar-refractivity contribution >= 4 is 17.6 Å². The number of piperazine rings is 1. The molecule has 0 radical (unpaired) electrons. The van der Waals surface area contributed by atoms with Gasteiger partial charge in [0.1, 0.15) is 0 Å². The van der Waals surface area contributed by atoms with Crippen LogP contribution in [-0.2, 0) is 4.79 Å². The molecule has 2 aromatic rings. The smallest absolute Gasteiger partial charge is 0.252 e. The molecule has 7 nitrogen and oxygen atoms in total. The number of aliphatic imine (C=N–C) groups is 1. The minimum Gasteiger partial charge on any atom is -0.368 e. The Morgan fingerprint density at radius 1 is 1.10 bits per heavy atom. The highest BCUT2D eigenvalue weighted by Crippen LogP contribution is 2.25. The van der Waals surface area contributed by atoms with E-state index in [2.05, 4.69) is 27.8 Å². The fourth-order valence-corrected chi connectivity index (χ4v) is 3.89. The van der Waals surface area contributed by atoms with Crippen LogP contribution < -0.4 is 4.90 Å². The Bertz CT molecular complexity index is 1010. The van der Waals surface area contributed by atoms with E-state index in [1.165, 1.54) is 0 Å². The van der Waals surface area contributed by atoms with Crippen molar-refractivity contribution in [3.8, 4) is 6.07 Å². The number of amides is 1. The molecule has 4 rings (SSSR count). The third-order valence-electron chi connectivity index (χ3n) is 5.60. The third-order valence-corrected chi connectivity index (χ3v) is 5.60. The number of carbonyl (C=O) groups is 1. The van der Waals surface area contributed by atoms with Crippen molar-refractivity contribution in [3.05, 3.63) is 72.1 Å². The molecule has 0 N–H and O–H groups in total. The van der Waals surface area contributed by atoms with Crippen LogP contribution in [0.1, 0.15) is 24.1 Å². The Labute approximate surface area is 176 Å². The molecular formula is C23H24N6O. The molecule has 7 heteroatoms. The predicted molar refractivity (Wildman–Crippen MR) is 116 cm³/mol. The Morgan fingerprint density at radius 2 is 1.83 bits per heavy atom. The van der Waals surface area contributed by atoms with Gasteiger partial charge in [0.2, 0.25) is 5.96 Å². The number of aromatic nitrogens is 1. The molecule has 1 fully saturated rings. The van der Waals surface area contributed by atoms with Crippen LogP contribution >= 0.6 is 0 Å². The van der Waals surface area contributed by atoms with Gasteiger partial charge in [-0.3, -0.25) is 14.7 Å². The Kier molecular flexibility index (Phi) is 5.48. The van der Waals surface area contributed by atoms with Crippen LogP contribution in [0.15, 0.2) is 65.9 Å². The SMILES string of the molecule is CC1CN(c2ccc(C#N)cc2)CCN1C1=NC(c2ccncc2)C=CC(=O)N1C. The molecule has 30 heavy (non-hydrogen) atoms. The van der Waals surface area contributed by atoms with Crippen LogP contribution in [0.5, 0.6) is 0 Å². The zero-order valence-corrected chi connectivity index (χ0v) is 17.1. The number of guanidine groups is 1. The molecule has 152 valence electrons. The van der Waals surface area contributed by atoms with E-state index < -0.39 is 0 Å². The summed E-state index contributed by atoms with van der Waals surface area (Å²) >= 11 is 0. The first-order chi connectivity index (χ1) is 14.6. The van der Waals surface area contributed by atoms with E-state index in [-0.39, 0.29) is 18.0 Å². The molecule has 2 unspecified atom stereocenters. The Balaban J connectivity index is 1.56. The maximum atomic E-state index is 12.6. The summed E-state index contributed by atoms with van der Waals surface area (Å²) in [6.07, 6.45) is 6.93. The lowest BCUT2D eigenvalue weighted by molar-refractivity contribution is -0.121. The fraction of sp³-hybridized carbons (Fsp3) is 0.304. The summed E-state index contributed by atoms with van der Waals surface area (Å²) in [4.78, 5) is 27.8. The quantitative estimate of drug-likeness (QED) is 0.775. The lowest BCUT2D eigenvalue weighted by Gasteiger charge is -2.43. The summed E-state index contributed by atoms with van der Waals surface area (Å²) in [6.45, 7) is 4.52. The summed E-state index contributed by atoms with van der Waals surface area (Å²) in [6, 6.07) is 13.6. The Hall–Kier alpha value is -3.66. The van der Waals surface area contributed by atoms with Crippen LogP contribution in [0, 0.1) is 11.3 Å².